The van der Waals surface area contributed by atoms with E-state index in [4.69, 9.17) is 15.4 Å². The smallest absolute Gasteiger partial charge is 0.114 e. The number of hydrogen-bond donors (Lipinski definition) is 3. The molecule has 86 valence electrons. The zero-order valence-corrected chi connectivity index (χ0v) is 8.91. The van der Waals surface area contributed by atoms with E-state index in [1.807, 2.05) is 0 Å². The van der Waals surface area contributed by atoms with E-state index in [2.05, 4.69) is 10.0 Å². The highest BCUT2D eigenvalue weighted by Crippen LogP contribution is 2.29. The van der Waals surface area contributed by atoms with Crippen LogP contribution in [0.2, 0.25) is 0 Å². The van der Waals surface area contributed by atoms with Gasteiger partial charge in [0.2, 0.25) is 0 Å². The van der Waals surface area contributed by atoms with Gasteiger partial charge < -0.3 is 20.1 Å². The first-order chi connectivity index (χ1) is 7.15. The molecule has 0 aromatic carbocycles. The third kappa shape index (κ3) is 2.54. The summed E-state index contributed by atoms with van der Waals surface area (Å²) in [6.07, 6.45) is -1.58. The first kappa shape index (κ1) is 12.6. The van der Waals surface area contributed by atoms with Gasteiger partial charge in [0.25, 0.3) is 0 Å². The molecular weight excluding hydrogens is 222 g/mol. The van der Waals surface area contributed by atoms with Crippen molar-refractivity contribution in [1.29, 1.82) is 0 Å². The fourth-order valence-corrected chi connectivity index (χ4v) is 2.19. The molecular formula is C7H13N3O4S. The van der Waals surface area contributed by atoms with Crippen molar-refractivity contribution >= 4 is 11.8 Å². The van der Waals surface area contributed by atoms with Crippen LogP contribution in [0, 0.1) is 0 Å². The van der Waals surface area contributed by atoms with Crippen molar-refractivity contribution in [3.63, 3.8) is 0 Å². The van der Waals surface area contributed by atoms with Gasteiger partial charge in [-0.3, -0.25) is 0 Å². The molecule has 0 radical (unpaired) electrons. The average molecular weight is 235 g/mol. The van der Waals surface area contributed by atoms with Crippen molar-refractivity contribution in [2.75, 3.05) is 12.9 Å². The maximum absolute atomic E-state index is 9.65. The molecule has 0 bridgehead atoms. The Kier molecular flexibility index (Phi) is 4.65. The van der Waals surface area contributed by atoms with Gasteiger partial charge in [-0.05, 0) is 11.8 Å². The van der Waals surface area contributed by atoms with E-state index in [0.717, 1.165) is 0 Å². The first-order valence-corrected chi connectivity index (χ1v) is 5.64. The summed E-state index contributed by atoms with van der Waals surface area (Å²) in [6, 6.07) is -0.845. The SMILES string of the molecule is CS[C@@H]1OC(CO)C(O)C(O)C1N=[N+]=[N-]. The molecule has 1 heterocycles. The second kappa shape index (κ2) is 5.55. The monoisotopic (exact) mass is 235 g/mol. The molecule has 0 aromatic heterocycles. The van der Waals surface area contributed by atoms with Crippen molar-refractivity contribution < 1.29 is 20.1 Å². The largest absolute Gasteiger partial charge is 0.394 e. The average Bonchev–Trinajstić information content (AvgIpc) is 2.25. The number of ether oxygens (including phenoxy) is 1. The number of aliphatic hydroxyl groups is 3. The predicted molar refractivity (Wildman–Crippen MR) is 54.2 cm³/mol. The summed E-state index contributed by atoms with van der Waals surface area (Å²) in [6.45, 7) is -0.391. The molecule has 4 unspecified atom stereocenters. The Hall–Kier alpha value is -0.500. The molecule has 8 heteroatoms. The highest BCUT2D eigenvalue weighted by atomic mass is 32.2. The second-order valence-corrected chi connectivity index (χ2v) is 4.07. The van der Waals surface area contributed by atoms with Crippen LogP contribution in [-0.2, 0) is 4.74 Å². The summed E-state index contributed by atoms with van der Waals surface area (Å²) >= 11 is 1.25. The van der Waals surface area contributed by atoms with Gasteiger partial charge in [0, 0.05) is 4.91 Å². The van der Waals surface area contributed by atoms with Gasteiger partial charge in [0.05, 0.1) is 12.7 Å². The molecule has 0 aromatic rings. The van der Waals surface area contributed by atoms with Crippen LogP contribution in [0.5, 0.6) is 0 Å². The van der Waals surface area contributed by atoms with Crippen LogP contribution < -0.4 is 0 Å². The van der Waals surface area contributed by atoms with Crippen molar-refractivity contribution in [3.8, 4) is 0 Å². The summed E-state index contributed by atoms with van der Waals surface area (Å²) < 4.78 is 5.27. The van der Waals surface area contributed by atoms with Crippen molar-refractivity contribution in [2.45, 2.75) is 29.8 Å². The summed E-state index contributed by atoms with van der Waals surface area (Å²) in [5.74, 6) is 0. The molecule has 1 aliphatic rings. The van der Waals surface area contributed by atoms with E-state index in [9.17, 15) is 10.2 Å². The lowest BCUT2D eigenvalue weighted by molar-refractivity contribution is -0.165. The summed E-state index contributed by atoms with van der Waals surface area (Å²) in [4.78, 5) is 2.59. The van der Waals surface area contributed by atoms with Crippen molar-refractivity contribution in [2.24, 2.45) is 5.11 Å². The fourth-order valence-electron chi connectivity index (χ4n) is 1.44. The van der Waals surface area contributed by atoms with Crippen LogP contribution >= 0.6 is 11.8 Å². The van der Waals surface area contributed by atoms with Crippen LogP contribution in [0.25, 0.3) is 10.4 Å². The maximum Gasteiger partial charge on any atom is 0.114 e. The molecule has 7 nitrogen and oxygen atoms in total. The fraction of sp³-hybridized carbons (Fsp3) is 1.00. The van der Waals surface area contributed by atoms with E-state index >= 15 is 0 Å². The molecule has 0 spiro atoms. The lowest BCUT2D eigenvalue weighted by Gasteiger charge is -2.39. The molecule has 5 atom stereocenters. The van der Waals surface area contributed by atoms with Crippen LogP contribution in [-0.4, -0.2) is 58.0 Å². The van der Waals surface area contributed by atoms with Crippen molar-refractivity contribution in [1.82, 2.24) is 0 Å². The molecule has 0 saturated carbocycles. The highest BCUT2D eigenvalue weighted by molar-refractivity contribution is 7.99. The van der Waals surface area contributed by atoms with E-state index in [0.29, 0.717) is 0 Å². The molecule has 15 heavy (non-hydrogen) atoms. The van der Waals surface area contributed by atoms with Gasteiger partial charge in [-0.25, -0.2) is 0 Å². The number of thioether (sulfide) groups is 1. The third-order valence-electron chi connectivity index (χ3n) is 2.27. The molecule has 0 amide bonds. The number of rotatable bonds is 3. The second-order valence-electron chi connectivity index (χ2n) is 3.14. The zero-order chi connectivity index (χ0) is 11.4. The van der Waals surface area contributed by atoms with Gasteiger partial charge in [-0.1, -0.05) is 5.11 Å². The molecule has 1 saturated heterocycles. The van der Waals surface area contributed by atoms with Gasteiger partial charge in [0.1, 0.15) is 23.7 Å². The van der Waals surface area contributed by atoms with Crippen LogP contribution in [0.15, 0.2) is 5.11 Å². The highest BCUT2D eigenvalue weighted by Gasteiger charge is 2.43. The van der Waals surface area contributed by atoms with Crippen molar-refractivity contribution in [3.05, 3.63) is 10.4 Å². The maximum atomic E-state index is 9.65. The summed E-state index contributed by atoms with van der Waals surface area (Å²) in [7, 11) is 0. The Morgan fingerprint density at radius 3 is 2.60 bits per heavy atom. The summed E-state index contributed by atoms with van der Waals surface area (Å²) in [5, 5.41) is 31.5. The molecule has 3 N–H and O–H groups in total. The number of nitrogens with zero attached hydrogens (tertiary/aromatic N) is 3. The molecule has 1 rings (SSSR count). The predicted octanol–water partition coefficient (Wildman–Crippen LogP) is -0.533. The standard InChI is InChI=1S/C7H13N3O4S/c1-15-7-4(9-10-8)6(13)5(12)3(2-11)14-7/h3-7,11-13H,2H2,1H3/t3?,4?,5?,6?,7-/m0/s1. The number of hydrogen-bond acceptors (Lipinski definition) is 6. The van der Waals surface area contributed by atoms with E-state index in [1.165, 1.54) is 11.8 Å². The minimum Gasteiger partial charge on any atom is -0.394 e. The lowest BCUT2D eigenvalue weighted by atomic mass is 9.99. The van der Waals surface area contributed by atoms with Crippen LogP contribution in [0.3, 0.4) is 0 Å². The molecule has 1 fully saturated rings. The third-order valence-corrected chi connectivity index (χ3v) is 3.12. The minimum atomic E-state index is -1.24. The Balaban J connectivity index is 2.83. The Bertz CT molecular complexity index is 259. The van der Waals surface area contributed by atoms with E-state index in [1.54, 1.807) is 6.26 Å². The van der Waals surface area contributed by atoms with Gasteiger partial charge in [-0.2, -0.15) is 0 Å². The van der Waals surface area contributed by atoms with Crippen LogP contribution in [0.4, 0.5) is 0 Å². The lowest BCUT2D eigenvalue weighted by Crippen LogP contribution is -2.56. The Morgan fingerprint density at radius 2 is 2.13 bits per heavy atom. The number of aliphatic hydroxyl groups excluding tert-OH is 3. The van der Waals surface area contributed by atoms with Gasteiger partial charge >= 0.3 is 0 Å². The zero-order valence-electron chi connectivity index (χ0n) is 8.09. The normalized spacial score (nSPS) is 40.9. The van der Waals surface area contributed by atoms with Crippen LogP contribution in [0.1, 0.15) is 0 Å². The first-order valence-electron chi connectivity index (χ1n) is 4.35. The van der Waals surface area contributed by atoms with Gasteiger partial charge in [0.15, 0.2) is 0 Å². The number of azide groups is 1. The minimum absolute atomic E-state index is 0.391. The Labute approximate surface area is 90.7 Å². The summed E-state index contributed by atoms with van der Waals surface area (Å²) in [5.41, 5.74) is 7.75. The molecule has 0 aliphatic carbocycles. The molecule has 1 aliphatic heterocycles. The van der Waals surface area contributed by atoms with E-state index < -0.39 is 36.4 Å². The van der Waals surface area contributed by atoms with Gasteiger partial charge in [-0.15, -0.1) is 11.8 Å². The quantitative estimate of drug-likeness (QED) is 0.345. The van der Waals surface area contributed by atoms with E-state index in [-0.39, 0.29) is 0 Å². The Morgan fingerprint density at radius 1 is 1.47 bits per heavy atom. The topological polar surface area (TPSA) is 119 Å².